The van der Waals surface area contributed by atoms with Crippen LogP contribution in [0.2, 0.25) is 5.02 Å². The SMILES string of the molecule is O=C(C[NH+]1CCN(C(=S)Nc2ccc(Cl)cc2)CC1)Nc1cccc(F)c1. The molecule has 1 heterocycles. The quantitative estimate of drug-likeness (QED) is 0.679. The fourth-order valence-electron chi connectivity index (χ4n) is 2.94. The van der Waals surface area contributed by atoms with Crippen molar-refractivity contribution in [1.82, 2.24) is 4.90 Å². The number of rotatable bonds is 4. The average Bonchev–Trinajstić information content (AvgIpc) is 2.64. The summed E-state index contributed by atoms with van der Waals surface area (Å²) in [6.07, 6.45) is 0. The zero-order valence-electron chi connectivity index (χ0n) is 14.7. The molecule has 2 aromatic rings. The van der Waals surface area contributed by atoms with Crippen molar-refractivity contribution in [1.29, 1.82) is 0 Å². The minimum absolute atomic E-state index is 0.120. The summed E-state index contributed by atoms with van der Waals surface area (Å²) in [6.45, 7) is 3.49. The highest BCUT2D eigenvalue weighted by molar-refractivity contribution is 7.80. The predicted octanol–water partition coefficient (Wildman–Crippen LogP) is 2.02. The van der Waals surface area contributed by atoms with Gasteiger partial charge >= 0.3 is 0 Å². The van der Waals surface area contributed by atoms with E-state index in [2.05, 4.69) is 15.5 Å². The van der Waals surface area contributed by atoms with Crippen LogP contribution >= 0.6 is 23.8 Å². The van der Waals surface area contributed by atoms with Crippen molar-refractivity contribution in [2.24, 2.45) is 0 Å². The van der Waals surface area contributed by atoms with Crippen LogP contribution in [0.3, 0.4) is 0 Å². The monoisotopic (exact) mass is 407 g/mol. The molecule has 0 radical (unpaired) electrons. The van der Waals surface area contributed by atoms with Gasteiger partial charge in [-0.2, -0.15) is 0 Å². The summed E-state index contributed by atoms with van der Waals surface area (Å²) in [4.78, 5) is 15.4. The molecule has 1 aliphatic rings. The summed E-state index contributed by atoms with van der Waals surface area (Å²) >= 11 is 11.4. The van der Waals surface area contributed by atoms with Gasteiger partial charge in [0, 0.05) is 16.4 Å². The van der Waals surface area contributed by atoms with E-state index in [4.69, 9.17) is 23.8 Å². The predicted molar refractivity (Wildman–Crippen MR) is 110 cm³/mol. The molecule has 1 fully saturated rings. The molecule has 0 aromatic heterocycles. The highest BCUT2D eigenvalue weighted by Crippen LogP contribution is 2.14. The van der Waals surface area contributed by atoms with E-state index in [0.717, 1.165) is 31.9 Å². The van der Waals surface area contributed by atoms with Crippen LogP contribution in [0.1, 0.15) is 0 Å². The highest BCUT2D eigenvalue weighted by atomic mass is 35.5. The molecule has 1 aliphatic heterocycles. The van der Waals surface area contributed by atoms with E-state index in [1.54, 1.807) is 12.1 Å². The number of hydrogen-bond acceptors (Lipinski definition) is 2. The lowest BCUT2D eigenvalue weighted by atomic mass is 10.3. The number of nitrogens with zero attached hydrogens (tertiary/aromatic N) is 1. The van der Waals surface area contributed by atoms with Crippen molar-refractivity contribution >= 4 is 46.2 Å². The van der Waals surface area contributed by atoms with Crippen LogP contribution in [0.25, 0.3) is 0 Å². The van der Waals surface area contributed by atoms with Gasteiger partial charge in [-0.3, -0.25) is 4.79 Å². The maximum Gasteiger partial charge on any atom is 0.279 e. The van der Waals surface area contributed by atoms with E-state index in [0.29, 0.717) is 22.4 Å². The first kappa shape index (κ1) is 19.5. The number of halogens is 2. The number of nitrogens with one attached hydrogen (secondary N) is 3. The molecule has 5 nitrogen and oxygen atoms in total. The number of quaternary nitrogens is 1. The van der Waals surface area contributed by atoms with Crippen LogP contribution in [0.4, 0.5) is 15.8 Å². The summed E-state index contributed by atoms with van der Waals surface area (Å²) in [7, 11) is 0. The molecule has 0 saturated carbocycles. The van der Waals surface area contributed by atoms with Crippen LogP contribution in [0, 0.1) is 5.82 Å². The Morgan fingerprint density at radius 3 is 2.48 bits per heavy atom. The topological polar surface area (TPSA) is 48.8 Å². The van der Waals surface area contributed by atoms with E-state index >= 15 is 0 Å². The molecule has 0 unspecified atom stereocenters. The van der Waals surface area contributed by atoms with Crippen molar-refractivity contribution in [2.45, 2.75) is 0 Å². The second-order valence-electron chi connectivity index (χ2n) is 6.41. The van der Waals surface area contributed by atoms with E-state index in [-0.39, 0.29) is 11.7 Å². The van der Waals surface area contributed by atoms with Gasteiger partial charge in [0.15, 0.2) is 11.7 Å². The molecule has 3 N–H and O–H groups in total. The molecule has 3 rings (SSSR count). The normalized spacial score (nSPS) is 14.7. The van der Waals surface area contributed by atoms with Crippen molar-refractivity contribution in [3.8, 4) is 0 Å². The maximum atomic E-state index is 13.2. The molecule has 0 atom stereocenters. The lowest BCUT2D eigenvalue weighted by molar-refractivity contribution is -0.895. The Balaban J connectivity index is 1.43. The first-order chi connectivity index (χ1) is 13.0. The molecule has 0 bridgehead atoms. The van der Waals surface area contributed by atoms with Gasteiger partial charge in [0.2, 0.25) is 0 Å². The first-order valence-corrected chi connectivity index (χ1v) is 9.49. The van der Waals surface area contributed by atoms with Crippen molar-refractivity contribution in [2.75, 3.05) is 43.4 Å². The third-order valence-corrected chi connectivity index (χ3v) is 4.98. The standard InChI is InChI=1S/C19H20ClFN4OS/c20-14-4-6-16(7-5-14)23-19(27)25-10-8-24(9-11-25)13-18(26)22-17-3-1-2-15(21)12-17/h1-7,12H,8-11,13H2,(H,22,26)(H,23,27)/p+1. The molecular formula is C19H21ClFN4OS+. The number of benzene rings is 2. The Morgan fingerprint density at radius 2 is 1.81 bits per heavy atom. The summed E-state index contributed by atoms with van der Waals surface area (Å²) < 4.78 is 13.2. The molecule has 0 aliphatic carbocycles. The van der Waals surface area contributed by atoms with Gasteiger partial charge in [-0.05, 0) is 54.7 Å². The van der Waals surface area contributed by atoms with Gasteiger partial charge in [-0.15, -0.1) is 0 Å². The van der Waals surface area contributed by atoms with Gasteiger partial charge in [0.25, 0.3) is 5.91 Å². The first-order valence-electron chi connectivity index (χ1n) is 8.70. The Bertz CT molecular complexity index is 810. The smallest absolute Gasteiger partial charge is 0.279 e. The van der Waals surface area contributed by atoms with Crippen molar-refractivity contribution < 1.29 is 14.1 Å². The van der Waals surface area contributed by atoms with Crippen LogP contribution in [-0.4, -0.2) is 48.6 Å². The lowest BCUT2D eigenvalue weighted by Gasteiger charge is -2.33. The molecule has 142 valence electrons. The molecular weight excluding hydrogens is 387 g/mol. The maximum absolute atomic E-state index is 13.2. The molecule has 27 heavy (non-hydrogen) atoms. The fraction of sp³-hybridized carbons (Fsp3) is 0.263. The average molecular weight is 408 g/mol. The van der Waals surface area contributed by atoms with Crippen LogP contribution < -0.4 is 15.5 Å². The summed E-state index contributed by atoms with van der Waals surface area (Å²) in [5.74, 6) is -0.485. The van der Waals surface area contributed by atoms with Crippen molar-refractivity contribution in [3.05, 3.63) is 59.4 Å². The highest BCUT2D eigenvalue weighted by Gasteiger charge is 2.23. The third-order valence-electron chi connectivity index (χ3n) is 4.37. The second kappa shape index (κ2) is 9.12. The van der Waals surface area contributed by atoms with Crippen LogP contribution in [-0.2, 0) is 4.79 Å². The van der Waals surface area contributed by atoms with E-state index in [1.807, 2.05) is 24.3 Å². The van der Waals surface area contributed by atoms with Gasteiger partial charge in [-0.25, -0.2) is 4.39 Å². The molecule has 1 amide bonds. The van der Waals surface area contributed by atoms with E-state index < -0.39 is 0 Å². The number of hydrogen-bond donors (Lipinski definition) is 3. The fourth-order valence-corrected chi connectivity index (χ4v) is 3.36. The van der Waals surface area contributed by atoms with Crippen LogP contribution in [0.5, 0.6) is 0 Å². The Hall–Kier alpha value is -2.22. The molecule has 8 heteroatoms. The van der Waals surface area contributed by atoms with Gasteiger partial charge < -0.3 is 20.4 Å². The minimum atomic E-state index is -0.365. The number of carbonyl (C=O) groups excluding carboxylic acids is 1. The summed E-state index contributed by atoms with van der Waals surface area (Å²) in [5.41, 5.74) is 1.38. The van der Waals surface area contributed by atoms with Gasteiger partial charge in [0.05, 0.1) is 26.2 Å². The second-order valence-corrected chi connectivity index (χ2v) is 7.23. The van der Waals surface area contributed by atoms with E-state index in [9.17, 15) is 9.18 Å². The number of anilines is 2. The van der Waals surface area contributed by atoms with Gasteiger partial charge in [0.1, 0.15) is 5.82 Å². The third kappa shape index (κ3) is 5.89. The number of thiocarbonyl (C=S) groups is 1. The van der Waals surface area contributed by atoms with E-state index in [1.165, 1.54) is 17.0 Å². The zero-order chi connectivity index (χ0) is 19.2. The minimum Gasteiger partial charge on any atom is -0.338 e. The zero-order valence-corrected chi connectivity index (χ0v) is 16.2. The molecule has 0 spiro atoms. The lowest BCUT2D eigenvalue weighted by Crippen LogP contribution is -3.15. The van der Waals surface area contributed by atoms with Crippen molar-refractivity contribution in [3.63, 3.8) is 0 Å². The number of carbonyl (C=O) groups is 1. The Kier molecular flexibility index (Phi) is 6.60. The number of amides is 1. The molecule has 2 aromatic carbocycles. The van der Waals surface area contributed by atoms with Crippen LogP contribution in [0.15, 0.2) is 48.5 Å². The van der Waals surface area contributed by atoms with Gasteiger partial charge in [-0.1, -0.05) is 17.7 Å². The molecule has 1 saturated heterocycles. The summed E-state index contributed by atoms with van der Waals surface area (Å²) in [5, 5.41) is 7.29. The largest absolute Gasteiger partial charge is 0.338 e. The Morgan fingerprint density at radius 1 is 1.11 bits per heavy atom. The number of piperazine rings is 1. The summed E-state index contributed by atoms with van der Waals surface area (Å²) in [6, 6.07) is 13.3. The Labute approximate surface area is 168 Å².